The molecule has 0 aliphatic carbocycles. The van der Waals surface area contributed by atoms with E-state index in [1.54, 1.807) is 48.5 Å². The first-order valence-electron chi connectivity index (χ1n) is 10.0. The topological polar surface area (TPSA) is 72.9 Å². The van der Waals surface area contributed by atoms with Crippen LogP contribution in [0, 0.1) is 0 Å². The number of esters is 1. The van der Waals surface area contributed by atoms with Gasteiger partial charge in [0, 0.05) is 6.42 Å². The summed E-state index contributed by atoms with van der Waals surface area (Å²) in [6.07, 6.45) is 0.141. The van der Waals surface area contributed by atoms with Gasteiger partial charge in [0.15, 0.2) is 11.5 Å². The zero-order valence-corrected chi connectivity index (χ0v) is 17.0. The maximum absolute atomic E-state index is 13.3. The Morgan fingerprint density at radius 1 is 0.806 bits per heavy atom. The Kier molecular flexibility index (Phi) is 5.80. The van der Waals surface area contributed by atoms with Crippen molar-refractivity contribution in [1.82, 2.24) is 4.90 Å². The molecule has 0 saturated carbocycles. The predicted octanol–water partition coefficient (Wildman–Crippen LogP) is 3.90. The summed E-state index contributed by atoms with van der Waals surface area (Å²) < 4.78 is 11.2. The summed E-state index contributed by atoms with van der Waals surface area (Å²) in [4.78, 5) is 40.4. The van der Waals surface area contributed by atoms with E-state index in [2.05, 4.69) is 0 Å². The van der Waals surface area contributed by atoms with Gasteiger partial charge in [0.2, 0.25) is 0 Å². The van der Waals surface area contributed by atoms with Gasteiger partial charge in [-0.2, -0.15) is 0 Å². The molecular weight excluding hydrogens is 394 g/mol. The third-order valence-electron chi connectivity index (χ3n) is 5.04. The zero-order chi connectivity index (χ0) is 21.8. The number of carbonyl (C=O) groups is 3. The molecule has 31 heavy (non-hydrogen) atoms. The number of rotatable bonds is 7. The summed E-state index contributed by atoms with van der Waals surface area (Å²) >= 11 is 0. The monoisotopic (exact) mass is 415 g/mol. The van der Waals surface area contributed by atoms with Crippen LogP contribution in [0.5, 0.6) is 11.5 Å². The molecule has 0 fully saturated rings. The second kappa shape index (κ2) is 8.83. The Balaban J connectivity index is 1.68. The smallest absolute Gasteiger partial charge is 0.335 e. The molecule has 0 bridgehead atoms. The Labute approximate surface area is 180 Å². The largest absolute Gasteiger partial charge is 0.490 e. The Morgan fingerprint density at radius 2 is 1.35 bits per heavy atom. The van der Waals surface area contributed by atoms with Crippen molar-refractivity contribution in [2.45, 2.75) is 19.4 Å². The van der Waals surface area contributed by atoms with Crippen molar-refractivity contribution in [2.75, 3.05) is 6.61 Å². The van der Waals surface area contributed by atoms with Crippen molar-refractivity contribution >= 4 is 17.8 Å². The van der Waals surface area contributed by atoms with Crippen molar-refractivity contribution in [3.05, 3.63) is 95.6 Å². The molecule has 1 atom stereocenters. The molecule has 0 radical (unpaired) electrons. The number of nitrogens with zero attached hydrogens (tertiary/aromatic N) is 1. The summed E-state index contributed by atoms with van der Waals surface area (Å²) in [5.41, 5.74) is 1.38. The third kappa shape index (κ3) is 4.05. The fraction of sp³-hybridized carbons (Fsp3) is 0.160. The number of hydrogen-bond donors (Lipinski definition) is 0. The maximum atomic E-state index is 13.3. The Hall–Kier alpha value is -3.93. The lowest BCUT2D eigenvalue weighted by molar-refractivity contribution is -0.138. The van der Waals surface area contributed by atoms with Crippen molar-refractivity contribution < 1.29 is 23.9 Å². The minimum absolute atomic E-state index is 0.141. The quantitative estimate of drug-likeness (QED) is 0.332. The molecule has 0 saturated heterocycles. The van der Waals surface area contributed by atoms with Crippen LogP contribution in [-0.4, -0.2) is 35.3 Å². The van der Waals surface area contributed by atoms with Gasteiger partial charge in [0.05, 0.1) is 17.7 Å². The van der Waals surface area contributed by atoms with Crippen LogP contribution >= 0.6 is 0 Å². The first-order chi connectivity index (χ1) is 15.1. The molecule has 3 aromatic carbocycles. The summed E-state index contributed by atoms with van der Waals surface area (Å²) in [5.74, 6) is -1.05. The molecule has 0 N–H and O–H groups in total. The van der Waals surface area contributed by atoms with Crippen molar-refractivity contribution in [2.24, 2.45) is 0 Å². The SMILES string of the molecule is CCOc1ccccc1OC(=O)[C@H](Cc1ccccc1)N1C(=O)c2ccccc2C1=O. The van der Waals surface area contributed by atoms with Gasteiger partial charge >= 0.3 is 5.97 Å². The van der Waals surface area contributed by atoms with Gasteiger partial charge < -0.3 is 9.47 Å². The highest BCUT2D eigenvalue weighted by Crippen LogP contribution is 2.30. The van der Waals surface area contributed by atoms with E-state index in [9.17, 15) is 14.4 Å². The molecule has 1 heterocycles. The fourth-order valence-corrected chi connectivity index (χ4v) is 3.59. The molecule has 3 aromatic rings. The summed E-state index contributed by atoms with van der Waals surface area (Å²) in [6.45, 7) is 2.23. The summed E-state index contributed by atoms with van der Waals surface area (Å²) in [5, 5.41) is 0. The molecule has 1 aliphatic heterocycles. The number of para-hydroxylation sites is 2. The highest BCUT2D eigenvalue weighted by Gasteiger charge is 2.43. The molecule has 4 rings (SSSR count). The molecule has 0 aromatic heterocycles. The predicted molar refractivity (Wildman–Crippen MR) is 114 cm³/mol. The minimum atomic E-state index is -1.12. The van der Waals surface area contributed by atoms with Gasteiger partial charge in [0.25, 0.3) is 11.8 Å². The molecule has 6 heteroatoms. The van der Waals surface area contributed by atoms with E-state index in [0.717, 1.165) is 10.5 Å². The van der Waals surface area contributed by atoms with Gasteiger partial charge in [0.1, 0.15) is 6.04 Å². The van der Waals surface area contributed by atoms with Crippen molar-refractivity contribution in [3.63, 3.8) is 0 Å². The first kappa shape index (κ1) is 20.3. The van der Waals surface area contributed by atoms with E-state index in [-0.39, 0.29) is 23.3 Å². The first-order valence-corrected chi connectivity index (χ1v) is 10.0. The van der Waals surface area contributed by atoms with E-state index in [1.807, 2.05) is 37.3 Å². The van der Waals surface area contributed by atoms with E-state index >= 15 is 0 Å². The van der Waals surface area contributed by atoms with Crippen LogP contribution < -0.4 is 9.47 Å². The van der Waals surface area contributed by atoms with E-state index in [1.165, 1.54) is 0 Å². The standard InChI is InChI=1S/C25H21NO5/c1-2-30-21-14-8-9-15-22(21)31-25(29)20(16-17-10-4-3-5-11-17)26-23(27)18-12-6-7-13-19(18)24(26)28/h3-15,20H,2,16H2,1H3/t20-/m0/s1. The van der Waals surface area contributed by atoms with Gasteiger partial charge in [-0.25, -0.2) is 4.79 Å². The molecule has 0 spiro atoms. The molecule has 0 unspecified atom stereocenters. The van der Waals surface area contributed by atoms with E-state index < -0.39 is 23.8 Å². The van der Waals surface area contributed by atoms with Crippen LogP contribution in [0.3, 0.4) is 0 Å². The maximum Gasteiger partial charge on any atom is 0.335 e. The van der Waals surface area contributed by atoms with Crippen LogP contribution in [0.2, 0.25) is 0 Å². The molecule has 6 nitrogen and oxygen atoms in total. The lowest BCUT2D eigenvalue weighted by Crippen LogP contribution is -2.48. The third-order valence-corrected chi connectivity index (χ3v) is 5.04. The van der Waals surface area contributed by atoms with Crippen LogP contribution in [-0.2, 0) is 11.2 Å². The number of ether oxygens (including phenoxy) is 2. The molecular formula is C25H21NO5. The van der Waals surface area contributed by atoms with Gasteiger partial charge in [-0.15, -0.1) is 0 Å². The summed E-state index contributed by atoms with van der Waals surface area (Å²) in [6, 6.07) is 21.5. The van der Waals surface area contributed by atoms with Crippen LogP contribution in [0.25, 0.3) is 0 Å². The van der Waals surface area contributed by atoms with E-state index in [0.29, 0.717) is 12.4 Å². The number of hydrogen-bond acceptors (Lipinski definition) is 5. The number of carbonyl (C=O) groups excluding carboxylic acids is 3. The van der Waals surface area contributed by atoms with E-state index in [4.69, 9.17) is 9.47 Å². The highest BCUT2D eigenvalue weighted by atomic mass is 16.6. The highest BCUT2D eigenvalue weighted by molar-refractivity contribution is 6.22. The van der Waals surface area contributed by atoms with Gasteiger partial charge in [-0.3, -0.25) is 14.5 Å². The Bertz CT molecular complexity index is 1090. The normalized spacial score (nSPS) is 13.6. The number of benzene rings is 3. The van der Waals surface area contributed by atoms with Gasteiger partial charge in [-0.1, -0.05) is 54.6 Å². The summed E-state index contributed by atoms with van der Waals surface area (Å²) in [7, 11) is 0. The Morgan fingerprint density at radius 3 is 1.97 bits per heavy atom. The van der Waals surface area contributed by atoms with Crippen LogP contribution in [0.1, 0.15) is 33.2 Å². The molecule has 2 amide bonds. The second-order valence-corrected chi connectivity index (χ2v) is 7.03. The number of fused-ring (bicyclic) bond motifs is 1. The molecule has 156 valence electrons. The lowest BCUT2D eigenvalue weighted by atomic mass is 10.0. The average Bonchev–Trinajstić information content (AvgIpc) is 3.04. The van der Waals surface area contributed by atoms with Crippen molar-refractivity contribution in [1.29, 1.82) is 0 Å². The fourth-order valence-electron chi connectivity index (χ4n) is 3.59. The average molecular weight is 415 g/mol. The second-order valence-electron chi connectivity index (χ2n) is 7.03. The van der Waals surface area contributed by atoms with Crippen molar-refractivity contribution in [3.8, 4) is 11.5 Å². The van der Waals surface area contributed by atoms with Crippen LogP contribution in [0.4, 0.5) is 0 Å². The van der Waals surface area contributed by atoms with Gasteiger partial charge in [-0.05, 0) is 36.8 Å². The number of amides is 2. The number of imide groups is 1. The van der Waals surface area contributed by atoms with Crippen LogP contribution in [0.15, 0.2) is 78.9 Å². The minimum Gasteiger partial charge on any atom is -0.490 e. The zero-order valence-electron chi connectivity index (χ0n) is 17.0. The molecule has 1 aliphatic rings. The lowest BCUT2D eigenvalue weighted by Gasteiger charge is -2.25.